The monoisotopic (exact) mass is 663 g/mol. The summed E-state index contributed by atoms with van der Waals surface area (Å²) in [5, 5.41) is 7.19. The molecule has 52 heavy (non-hydrogen) atoms. The Bertz CT molecular complexity index is 2860. The number of benzene rings is 9. The largest absolute Gasteiger partial charge is 0.456 e. The highest BCUT2D eigenvalue weighted by Gasteiger charge is 2.15. The summed E-state index contributed by atoms with van der Waals surface area (Å²) in [7, 11) is 0. The van der Waals surface area contributed by atoms with Crippen LogP contribution in [0.2, 0.25) is 0 Å². The highest BCUT2D eigenvalue weighted by atomic mass is 16.3. The van der Waals surface area contributed by atoms with Gasteiger partial charge in [-0.1, -0.05) is 140 Å². The molecule has 0 aliphatic rings. The Labute approximate surface area is 302 Å². The highest BCUT2D eigenvalue weighted by Crippen LogP contribution is 2.39. The van der Waals surface area contributed by atoms with Crippen molar-refractivity contribution < 1.29 is 4.42 Å². The van der Waals surface area contributed by atoms with E-state index in [0.29, 0.717) is 0 Å². The Morgan fingerprint density at radius 1 is 0.288 bits per heavy atom. The summed E-state index contributed by atoms with van der Waals surface area (Å²) in [6, 6.07) is 71.8. The van der Waals surface area contributed by atoms with Crippen LogP contribution in [0.25, 0.3) is 76.9 Å². The van der Waals surface area contributed by atoms with Crippen molar-refractivity contribution in [3.8, 4) is 33.4 Å². The van der Waals surface area contributed by atoms with Gasteiger partial charge in [0.15, 0.2) is 0 Å². The molecule has 0 atom stereocenters. The number of rotatable bonds is 6. The van der Waals surface area contributed by atoms with Crippen molar-refractivity contribution in [1.29, 1.82) is 0 Å². The van der Waals surface area contributed by atoms with E-state index in [-0.39, 0.29) is 0 Å². The molecule has 244 valence electrons. The van der Waals surface area contributed by atoms with Crippen LogP contribution in [0.3, 0.4) is 0 Å². The minimum absolute atomic E-state index is 0.918. The van der Waals surface area contributed by atoms with Gasteiger partial charge in [0.05, 0.1) is 0 Å². The molecule has 0 fully saturated rings. The van der Waals surface area contributed by atoms with Gasteiger partial charge < -0.3 is 9.32 Å². The van der Waals surface area contributed by atoms with Crippen LogP contribution in [0.4, 0.5) is 17.1 Å². The van der Waals surface area contributed by atoms with Gasteiger partial charge in [-0.3, -0.25) is 0 Å². The topological polar surface area (TPSA) is 16.4 Å². The second kappa shape index (κ2) is 12.5. The Balaban J connectivity index is 1.02. The summed E-state index contributed by atoms with van der Waals surface area (Å²) < 4.78 is 6.21. The van der Waals surface area contributed by atoms with E-state index in [9.17, 15) is 0 Å². The van der Waals surface area contributed by atoms with E-state index < -0.39 is 0 Å². The van der Waals surface area contributed by atoms with Gasteiger partial charge in [-0.05, 0) is 116 Å². The average Bonchev–Trinajstić information content (AvgIpc) is 3.58. The second-order valence-electron chi connectivity index (χ2n) is 13.4. The molecule has 1 aromatic heterocycles. The third-order valence-corrected chi connectivity index (χ3v) is 10.3. The van der Waals surface area contributed by atoms with Gasteiger partial charge in [0.2, 0.25) is 0 Å². The molecule has 2 heteroatoms. The van der Waals surface area contributed by atoms with Gasteiger partial charge in [0, 0.05) is 27.8 Å². The van der Waals surface area contributed by atoms with Crippen molar-refractivity contribution in [2.45, 2.75) is 0 Å². The van der Waals surface area contributed by atoms with Crippen LogP contribution in [0.1, 0.15) is 0 Å². The van der Waals surface area contributed by atoms with Crippen LogP contribution in [0.15, 0.2) is 205 Å². The molecule has 2 nitrogen and oxygen atoms in total. The van der Waals surface area contributed by atoms with Crippen LogP contribution in [-0.2, 0) is 0 Å². The first-order valence-corrected chi connectivity index (χ1v) is 17.7. The minimum atomic E-state index is 0.918. The van der Waals surface area contributed by atoms with E-state index in [2.05, 4.69) is 193 Å². The third-order valence-electron chi connectivity index (χ3n) is 10.3. The van der Waals surface area contributed by atoms with Gasteiger partial charge >= 0.3 is 0 Å². The van der Waals surface area contributed by atoms with Crippen LogP contribution in [-0.4, -0.2) is 0 Å². The molecular weight excluding hydrogens is 631 g/mol. The summed E-state index contributed by atoms with van der Waals surface area (Å²) in [6.07, 6.45) is 0. The number of anilines is 3. The van der Waals surface area contributed by atoms with E-state index in [4.69, 9.17) is 4.42 Å². The van der Waals surface area contributed by atoms with Gasteiger partial charge in [-0.15, -0.1) is 0 Å². The number of nitrogens with zero attached hydrogens (tertiary/aromatic N) is 1. The van der Waals surface area contributed by atoms with Crippen LogP contribution < -0.4 is 4.90 Å². The first kappa shape index (κ1) is 30.0. The second-order valence-corrected chi connectivity index (χ2v) is 13.4. The van der Waals surface area contributed by atoms with Gasteiger partial charge in [0.1, 0.15) is 11.2 Å². The highest BCUT2D eigenvalue weighted by molar-refractivity contribution is 6.10. The molecule has 0 bridgehead atoms. The number of furan rings is 1. The molecule has 0 aliphatic carbocycles. The first-order valence-electron chi connectivity index (χ1n) is 17.7. The van der Waals surface area contributed by atoms with Crippen LogP contribution in [0.5, 0.6) is 0 Å². The quantitative estimate of drug-likeness (QED) is 0.176. The lowest BCUT2D eigenvalue weighted by Crippen LogP contribution is -2.09. The predicted molar refractivity (Wildman–Crippen MR) is 220 cm³/mol. The minimum Gasteiger partial charge on any atom is -0.456 e. The first-order chi connectivity index (χ1) is 25.7. The number of para-hydroxylation sites is 1. The molecule has 0 amide bonds. The van der Waals surface area contributed by atoms with Crippen molar-refractivity contribution in [3.63, 3.8) is 0 Å². The lowest BCUT2D eigenvalue weighted by molar-refractivity contribution is 0.669. The Morgan fingerprint density at radius 2 is 0.846 bits per heavy atom. The molecule has 0 radical (unpaired) electrons. The zero-order valence-electron chi connectivity index (χ0n) is 28.4. The Hall–Kier alpha value is -6.90. The summed E-state index contributed by atoms with van der Waals surface area (Å²) in [4.78, 5) is 2.34. The van der Waals surface area contributed by atoms with E-state index in [0.717, 1.165) is 39.0 Å². The Morgan fingerprint density at radius 3 is 1.58 bits per heavy atom. The molecule has 10 rings (SSSR count). The van der Waals surface area contributed by atoms with Crippen molar-refractivity contribution in [1.82, 2.24) is 0 Å². The van der Waals surface area contributed by atoms with Crippen molar-refractivity contribution in [2.75, 3.05) is 4.90 Å². The van der Waals surface area contributed by atoms with Gasteiger partial charge in [0.25, 0.3) is 0 Å². The fourth-order valence-corrected chi connectivity index (χ4v) is 7.60. The molecular formula is C50H33NO. The smallest absolute Gasteiger partial charge is 0.136 e. The number of fused-ring (bicyclic) bond motifs is 5. The molecule has 0 saturated carbocycles. The van der Waals surface area contributed by atoms with E-state index in [1.165, 1.54) is 54.9 Å². The SMILES string of the molecule is c1ccc(-c2ccc(N(c3ccc(-c4ccc5cc6c(cc5c4)oc4ccccc46)cc3)c3ccc(-c4cccc5ccccc45)cc3)cc2)cc1. The normalized spacial score (nSPS) is 11.5. The summed E-state index contributed by atoms with van der Waals surface area (Å²) in [6.45, 7) is 0. The summed E-state index contributed by atoms with van der Waals surface area (Å²) >= 11 is 0. The number of hydrogen-bond acceptors (Lipinski definition) is 2. The maximum Gasteiger partial charge on any atom is 0.136 e. The molecule has 1 heterocycles. The number of hydrogen-bond donors (Lipinski definition) is 0. The zero-order valence-corrected chi connectivity index (χ0v) is 28.4. The lowest BCUT2D eigenvalue weighted by atomic mass is 9.98. The van der Waals surface area contributed by atoms with Gasteiger partial charge in [-0.25, -0.2) is 0 Å². The maximum atomic E-state index is 6.21. The van der Waals surface area contributed by atoms with Gasteiger partial charge in [-0.2, -0.15) is 0 Å². The average molecular weight is 664 g/mol. The summed E-state index contributed by atoms with van der Waals surface area (Å²) in [5.41, 5.74) is 12.3. The van der Waals surface area contributed by atoms with E-state index in [1.807, 2.05) is 12.1 Å². The molecule has 0 spiro atoms. The predicted octanol–water partition coefficient (Wildman–Crippen LogP) is 14.4. The van der Waals surface area contributed by atoms with Crippen molar-refractivity contribution in [3.05, 3.63) is 200 Å². The van der Waals surface area contributed by atoms with E-state index >= 15 is 0 Å². The molecule has 0 aliphatic heterocycles. The standard InChI is InChI=1S/C50H33NO/c1-2-9-34(10-3-1)35-19-25-42(26-20-35)51(44-29-23-38(24-30-44)46-15-8-12-37-11-4-5-13-45(37)46)43-27-21-36(22-28-43)39-17-18-40-32-48-47-14-6-7-16-49(47)52-50(48)33-41(40)31-39/h1-33H. The fourth-order valence-electron chi connectivity index (χ4n) is 7.60. The fraction of sp³-hybridized carbons (Fsp3) is 0. The van der Waals surface area contributed by atoms with Crippen molar-refractivity contribution in [2.24, 2.45) is 0 Å². The maximum absolute atomic E-state index is 6.21. The Kier molecular flexibility index (Phi) is 7.18. The van der Waals surface area contributed by atoms with E-state index in [1.54, 1.807) is 0 Å². The molecule has 9 aromatic carbocycles. The van der Waals surface area contributed by atoms with Crippen LogP contribution in [0, 0.1) is 0 Å². The molecule has 0 N–H and O–H groups in total. The third kappa shape index (κ3) is 5.30. The molecule has 10 aromatic rings. The zero-order chi connectivity index (χ0) is 34.4. The van der Waals surface area contributed by atoms with Crippen LogP contribution >= 0.6 is 0 Å². The molecule has 0 unspecified atom stereocenters. The summed E-state index contributed by atoms with van der Waals surface area (Å²) in [5.74, 6) is 0. The molecule has 0 saturated heterocycles. The van der Waals surface area contributed by atoms with Crippen molar-refractivity contribution >= 4 is 60.5 Å². The lowest BCUT2D eigenvalue weighted by Gasteiger charge is -2.26.